The number of nitrogens with one attached hydrogen (secondary N) is 1. The lowest BCUT2D eigenvalue weighted by molar-refractivity contribution is 0.0756. The lowest BCUT2D eigenvalue weighted by Gasteiger charge is -2.08. The molecule has 0 aliphatic carbocycles. The number of amides is 1. The summed E-state index contributed by atoms with van der Waals surface area (Å²) in [5, 5.41) is 11.2. The molecule has 7 nitrogen and oxygen atoms in total. The van der Waals surface area contributed by atoms with Crippen LogP contribution in [-0.4, -0.2) is 40.1 Å². The molecule has 0 aliphatic rings. The van der Waals surface area contributed by atoms with E-state index in [-0.39, 0.29) is 12.0 Å². The van der Waals surface area contributed by atoms with Crippen molar-refractivity contribution in [2.75, 3.05) is 13.2 Å². The summed E-state index contributed by atoms with van der Waals surface area (Å²) in [5.74, 6) is 0.406. The first-order chi connectivity index (χ1) is 11.4. The van der Waals surface area contributed by atoms with E-state index in [0.29, 0.717) is 31.2 Å². The Bertz CT molecular complexity index is 688. The summed E-state index contributed by atoms with van der Waals surface area (Å²) in [6.07, 6.45) is 0.958. The molecule has 1 amide bonds. The van der Waals surface area contributed by atoms with Gasteiger partial charge in [0.05, 0.1) is 18.3 Å². The lowest BCUT2D eigenvalue weighted by atomic mass is 10.2. The standard InChI is InChI=1S/C17H26N4O3/c1-11(2)23-8-6-7-18-17(22)16-15(14(5)24-20-16)10-21-13(4)9-12(3)19-21/h9,11H,6-8,10H2,1-5H3,(H,18,22). The molecule has 2 aromatic heterocycles. The van der Waals surface area contributed by atoms with E-state index in [1.807, 2.05) is 38.4 Å². The van der Waals surface area contributed by atoms with Gasteiger partial charge in [-0.3, -0.25) is 9.48 Å². The quantitative estimate of drug-likeness (QED) is 0.750. The number of hydrogen-bond donors (Lipinski definition) is 1. The normalized spacial score (nSPS) is 11.2. The molecule has 2 rings (SSSR count). The van der Waals surface area contributed by atoms with E-state index in [1.54, 1.807) is 6.92 Å². The van der Waals surface area contributed by atoms with Crippen LogP contribution in [0, 0.1) is 20.8 Å². The molecule has 0 unspecified atom stereocenters. The van der Waals surface area contributed by atoms with Gasteiger partial charge in [-0.05, 0) is 47.1 Å². The first kappa shape index (κ1) is 18.2. The number of carbonyl (C=O) groups excluding carboxylic acids is 1. The Morgan fingerprint density at radius 1 is 1.38 bits per heavy atom. The van der Waals surface area contributed by atoms with Gasteiger partial charge in [0.1, 0.15) is 5.76 Å². The molecule has 0 atom stereocenters. The largest absolute Gasteiger partial charge is 0.379 e. The molecule has 0 aromatic carbocycles. The predicted octanol–water partition coefficient (Wildman–Crippen LogP) is 2.39. The van der Waals surface area contributed by atoms with Gasteiger partial charge in [-0.15, -0.1) is 0 Å². The van der Waals surface area contributed by atoms with Crippen LogP contribution < -0.4 is 5.32 Å². The van der Waals surface area contributed by atoms with E-state index >= 15 is 0 Å². The van der Waals surface area contributed by atoms with Crippen molar-refractivity contribution in [2.24, 2.45) is 0 Å². The van der Waals surface area contributed by atoms with Gasteiger partial charge in [-0.2, -0.15) is 5.10 Å². The second kappa shape index (κ2) is 8.10. The van der Waals surface area contributed by atoms with Crippen LogP contribution in [0.1, 0.15) is 53.5 Å². The van der Waals surface area contributed by atoms with E-state index in [4.69, 9.17) is 9.26 Å². The number of carbonyl (C=O) groups is 1. The van der Waals surface area contributed by atoms with E-state index in [9.17, 15) is 4.79 Å². The second-order valence-electron chi connectivity index (χ2n) is 6.18. The third-order valence-corrected chi connectivity index (χ3v) is 3.67. The fourth-order valence-corrected chi connectivity index (χ4v) is 2.42. The zero-order valence-corrected chi connectivity index (χ0v) is 15.0. The smallest absolute Gasteiger partial charge is 0.273 e. The van der Waals surface area contributed by atoms with E-state index in [2.05, 4.69) is 15.6 Å². The lowest BCUT2D eigenvalue weighted by Crippen LogP contribution is -2.27. The van der Waals surface area contributed by atoms with Crippen molar-refractivity contribution >= 4 is 5.91 Å². The molecule has 0 saturated carbocycles. The zero-order valence-electron chi connectivity index (χ0n) is 15.0. The topological polar surface area (TPSA) is 82.2 Å². The van der Waals surface area contributed by atoms with E-state index in [1.165, 1.54) is 0 Å². The SMILES string of the molecule is Cc1cc(C)n(Cc2c(C(=O)NCCCOC(C)C)noc2C)n1. The number of nitrogens with zero attached hydrogens (tertiary/aromatic N) is 3. The van der Waals surface area contributed by atoms with Crippen LogP contribution in [0.2, 0.25) is 0 Å². The Labute approximate surface area is 142 Å². The molecule has 0 saturated heterocycles. The molecule has 0 spiro atoms. The van der Waals surface area contributed by atoms with Crippen LogP contribution >= 0.6 is 0 Å². The summed E-state index contributed by atoms with van der Waals surface area (Å²) >= 11 is 0. The van der Waals surface area contributed by atoms with Crippen LogP contribution in [0.15, 0.2) is 10.6 Å². The molecular formula is C17H26N4O3. The Morgan fingerprint density at radius 2 is 2.12 bits per heavy atom. The van der Waals surface area contributed by atoms with Gasteiger partial charge < -0.3 is 14.6 Å². The predicted molar refractivity (Wildman–Crippen MR) is 90.1 cm³/mol. The summed E-state index contributed by atoms with van der Waals surface area (Å²) < 4.78 is 12.5. The molecule has 0 bridgehead atoms. The molecule has 1 N–H and O–H groups in total. The number of ether oxygens (including phenoxy) is 1. The maximum atomic E-state index is 12.4. The van der Waals surface area contributed by atoms with Gasteiger partial charge in [0.2, 0.25) is 0 Å². The highest BCUT2D eigenvalue weighted by atomic mass is 16.5. The first-order valence-corrected chi connectivity index (χ1v) is 8.24. The van der Waals surface area contributed by atoms with Gasteiger partial charge in [0.15, 0.2) is 5.69 Å². The van der Waals surface area contributed by atoms with Crippen molar-refractivity contribution in [1.29, 1.82) is 0 Å². The first-order valence-electron chi connectivity index (χ1n) is 8.24. The van der Waals surface area contributed by atoms with E-state index in [0.717, 1.165) is 23.4 Å². The van der Waals surface area contributed by atoms with Crippen molar-refractivity contribution in [3.05, 3.63) is 34.5 Å². The molecule has 132 valence electrons. The van der Waals surface area contributed by atoms with Crippen molar-refractivity contribution in [3.8, 4) is 0 Å². The summed E-state index contributed by atoms with van der Waals surface area (Å²) in [6, 6.07) is 2.00. The van der Waals surface area contributed by atoms with Crippen molar-refractivity contribution < 1.29 is 14.1 Å². The molecule has 2 heterocycles. The van der Waals surface area contributed by atoms with Crippen LogP contribution in [-0.2, 0) is 11.3 Å². The maximum Gasteiger partial charge on any atom is 0.273 e. The Balaban J connectivity index is 1.98. The monoisotopic (exact) mass is 334 g/mol. The highest BCUT2D eigenvalue weighted by Gasteiger charge is 2.20. The van der Waals surface area contributed by atoms with Crippen LogP contribution in [0.4, 0.5) is 0 Å². The molecule has 24 heavy (non-hydrogen) atoms. The molecule has 0 radical (unpaired) electrons. The van der Waals surface area contributed by atoms with Gasteiger partial charge in [-0.25, -0.2) is 0 Å². The molecule has 0 fully saturated rings. The molecule has 7 heteroatoms. The summed E-state index contributed by atoms with van der Waals surface area (Å²) in [6.45, 7) is 11.3. The van der Waals surface area contributed by atoms with Crippen LogP contribution in [0.3, 0.4) is 0 Å². The third-order valence-electron chi connectivity index (χ3n) is 3.67. The minimum Gasteiger partial charge on any atom is -0.379 e. The Kier molecular flexibility index (Phi) is 6.14. The minimum atomic E-state index is -0.229. The number of aromatic nitrogens is 3. The zero-order chi connectivity index (χ0) is 17.7. The average molecular weight is 334 g/mol. The Hall–Kier alpha value is -2.15. The minimum absolute atomic E-state index is 0.200. The molecule has 2 aromatic rings. The average Bonchev–Trinajstić information content (AvgIpc) is 3.02. The fourth-order valence-electron chi connectivity index (χ4n) is 2.42. The van der Waals surface area contributed by atoms with Crippen LogP contribution in [0.25, 0.3) is 0 Å². The van der Waals surface area contributed by atoms with Gasteiger partial charge in [0, 0.05) is 24.4 Å². The van der Waals surface area contributed by atoms with Crippen molar-refractivity contribution in [3.63, 3.8) is 0 Å². The summed E-state index contributed by atoms with van der Waals surface area (Å²) in [4.78, 5) is 12.4. The number of hydrogen-bond acceptors (Lipinski definition) is 5. The number of aryl methyl sites for hydroxylation is 3. The summed E-state index contributed by atoms with van der Waals surface area (Å²) in [5.41, 5.74) is 3.06. The van der Waals surface area contributed by atoms with E-state index < -0.39 is 0 Å². The Morgan fingerprint density at radius 3 is 2.75 bits per heavy atom. The highest BCUT2D eigenvalue weighted by molar-refractivity contribution is 5.93. The summed E-state index contributed by atoms with van der Waals surface area (Å²) in [7, 11) is 0. The highest BCUT2D eigenvalue weighted by Crippen LogP contribution is 2.16. The van der Waals surface area contributed by atoms with Gasteiger partial charge in [0.25, 0.3) is 5.91 Å². The number of rotatable bonds is 8. The fraction of sp³-hybridized carbons (Fsp3) is 0.588. The van der Waals surface area contributed by atoms with Crippen molar-refractivity contribution in [1.82, 2.24) is 20.3 Å². The molecular weight excluding hydrogens is 308 g/mol. The van der Waals surface area contributed by atoms with Crippen LogP contribution in [0.5, 0.6) is 0 Å². The third kappa shape index (κ3) is 4.67. The van der Waals surface area contributed by atoms with Gasteiger partial charge in [-0.1, -0.05) is 5.16 Å². The second-order valence-corrected chi connectivity index (χ2v) is 6.18. The van der Waals surface area contributed by atoms with Crippen molar-refractivity contribution in [2.45, 2.75) is 53.7 Å². The maximum absolute atomic E-state index is 12.4. The van der Waals surface area contributed by atoms with Gasteiger partial charge >= 0.3 is 0 Å². The molecule has 0 aliphatic heterocycles.